The normalized spacial score (nSPS) is 10.6. The zero-order chi connectivity index (χ0) is 11.5. The highest BCUT2D eigenvalue weighted by Gasteiger charge is 2.17. The number of hydrogen-bond acceptors (Lipinski definition) is 5. The lowest BCUT2D eigenvalue weighted by Gasteiger charge is -2.02. The Kier molecular flexibility index (Phi) is 2.76. The largest absolute Gasteiger partial charge is 0.372 e. The van der Waals surface area contributed by atoms with E-state index in [-0.39, 0.29) is 6.03 Å². The zero-order valence-corrected chi connectivity index (χ0v) is 9.16. The topological polar surface area (TPSA) is 78.5 Å². The van der Waals surface area contributed by atoms with E-state index in [9.17, 15) is 4.79 Å². The molecule has 0 bridgehead atoms. The van der Waals surface area contributed by atoms with E-state index in [0.29, 0.717) is 6.42 Å². The van der Waals surface area contributed by atoms with E-state index in [1.807, 2.05) is 13.8 Å². The number of aryl methyl sites for hydroxylation is 1. The summed E-state index contributed by atoms with van der Waals surface area (Å²) >= 11 is 0. The first-order chi connectivity index (χ1) is 7.77. The summed E-state index contributed by atoms with van der Waals surface area (Å²) in [6.07, 6.45) is 4.39. The standard InChI is InChI=1S/C9H12N6O/c1-3-7-8(4-2)15(13-11-7)9(16)14-6-5-10-12-14/h5-6H,3-4H2,1-2H3. The van der Waals surface area contributed by atoms with Gasteiger partial charge in [0.15, 0.2) is 0 Å². The van der Waals surface area contributed by atoms with Crippen molar-refractivity contribution in [1.82, 2.24) is 30.0 Å². The van der Waals surface area contributed by atoms with Crippen molar-refractivity contribution < 1.29 is 4.79 Å². The predicted molar refractivity (Wildman–Crippen MR) is 55.0 cm³/mol. The molecule has 0 unspecified atom stereocenters. The fourth-order valence-corrected chi connectivity index (χ4v) is 1.52. The van der Waals surface area contributed by atoms with Crippen LogP contribution in [-0.4, -0.2) is 36.0 Å². The number of carbonyl (C=O) groups excluding carboxylic acids is 1. The number of rotatable bonds is 2. The van der Waals surface area contributed by atoms with Crippen LogP contribution in [0.3, 0.4) is 0 Å². The molecule has 0 aliphatic rings. The fourth-order valence-electron chi connectivity index (χ4n) is 1.52. The molecule has 0 aliphatic carbocycles. The molecule has 0 aliphatic heterocycles. The number of carbonyl (C=O) groups is 1. The van der Waals surface area contributed by atoms with Gasteiger partial charge in [0.2, 0.25) is 0 Å². The maximum absolute atomic E-state index is 11.9. The Balaban J connectivity index is 2.41. The minimum Gasteiger partial charge on any atom is -0.243 e. The van der Waals surface area contributed by atoms with Gasteiger partial charge in [0.05, 0.1) is 23.8 Å². The monoisotopic (exact) mass is 220 g/mol. The Bertz CT molecular complexity index is 486. The molecule has 0 N–H and O–H groups in total. The minimum absolute atomic E-state index is 0.360. The highest BCUT2D eigenvalue weighted by atomic mass is 16.2. The highest BCUT2D eigenvalue weighted by molar-refractivity contribution is 5.77. The SMILES string of the molecule is CCc1nnn(C(=O)n2ccnn2)c1CC. The van der Waals surface area contributed by atoms with Crippen LogP contribution in [0.2, 0.25) is 0 Å². The molecular formula is C9H12N6O. The van der Waals surface area contributed by atoms with Crippen LogP contribution < -0.4 is 0 Å². The minimum atomic E-state index is -0.360. The Morgan fingerprint density at radius 3 is 2.69 bits per heavy atom. The second-order valence-electron chi connectivity index (χ2n) is 3.23. The van der Waals surface area contributed by atoms with Crippen LogP contribution in [0.15, 0.2) is 12.4 Å². The summed E-state index contributed by atoms with van der Waals surface area (Å²) < 4.78 is 2.40. The molecule has 0 aromatic carbocycles. The highest BCUT2D eigenvalue weighted by Crippen LogP contribution is 2.07. The Labute approximate surface area is 92.1 Å². The summed E-state index contributed by atoms with van der Waals surface area (Å²) in [6, 6.07) is -0.360. The molecule has 7 nitrogen and oxygen atoms in total. The van der Waals surface area contributed by atoms with Gasteiger partial charge in [-0.25, -0.2) is 4.79 Å². The first-order valence-electron chi connectivity index (χ1n) is 5.12. The number of hydrogen-bond donors (Lipinski definition) is 0. The summed E-state index contributed by atoms with van der Waals surface area (Å²) in [5.74, 6) is 0. The third-order valence-corrected chi connectivity index (χ3v) is 2.31. The van der Waals surface area contributed by atoms with Crippen molar-refractivity contribution in [3.05, 3.63) is 23.8 Å². The van der Waals surface area contributed by atoms with Gasteiger partial charge >= 0.3 is 6.03 Å². The Hall–Kier alpha value is -2.05. The third-order valence-electron chi connectivity index (χ3n) is 2.31. The van der Waals surface area contributed by atoms with Gasteiger partial charge in [0, 0.05) is 0 Å². The van der Waals surface area contributed by atoms with Crippen molar-refractivity contribution in [2.75, 3.05) is 0 Å². The van der Waals surface area contributed by atoms with E-state index in [0.717, 1.165) is 22.5 Å². The molecule has 84 valence electrons. The maximum atomic E-state index is 11.9. The average molecular weight is 220 g/mol. The van der Waals surface area contributed by atoms with E-state index in [4.69, 9.17) is 0 Å². The van der Waals surface area contributed by atoms with Crippen LogP contribution in [-0.2, 0) is 12.8 Å². The molecular weight excluding hydrogens is 208 g/mol. The van der Waals surface area contributed by atoms with E-state index < -0.39 is 0 Å². The van der Waals surface area contributed by atoms with Crippen molar-refractivity contribution in [3.8, 4) is 0 Å². The van der Waals surface area contributed by atoms with Crippen LogP contribution in [0.25, 0.3) is 0 Å². The molecule has 2 heterocycles. The van der Waals surface area contributed by atoms with Gasteiger partial charge in [-0.3, -0.25) is 0 Å². The lowest BCUT2D eigenvalue weighted by Crippen LogP contribution is -2.23. The van der Waals surface area contributed by atoms with Gasteiger partial charge in [-0.15, -0.1) is 10.2 Å². The quantitative estimate of drug-likeness (QED) is 0.736. The van der Waals surface area contributed by atoms with Crippen molar-refractivity contribution in [1.29, 1.82) is 0 Å². The molecule has 0 saturated carbocycles. The molecule has 2 aromatic heterocycles. The van der Waals surface area contributed by atoms with Gasteiger partial charge in [0.1, 0.15) is 0 Å². The Morgan fingerprint density at radius 1 is 1.31 bits per heavy atom. The summed E-state index contributed by atoms with van der Waals surface area (Å²) in [4.78, 5) is 11.9. The summed E-state index contributed by atoms with van der Waals surface area (Å²) in [6.45, 7) is 3.94. The van der Waals surface area contributed by atoms with Crippen LogP contribution in [0, 0.1) is 0 Å². The van der Waals surface area contributed by atoms with Crippen LogP contribution in [0.5, 0.6) is 0 Å². The molecule has 0 spiro atoms. The van der Waals surface area contributed by atoms with Crippen molar-refractivity contribution in [2.24, 2.45) is 0 Å². The van der Waals surface area contributed by atoms with E-state index in [1.54, 1.807) is 0 Å². The molecule has 2 aromatic rings. The lowest BCUT2D eigenvalue weighted by atomic mass is 10.2. The van der Waals surface area contributed by atoms with Gasteiger partial charge in [-0.05, 0) is 12.8 Å². The first kappa shape index (κ1) is 10.5. The molecule has 0 fully saturated rings. The van der Waals surface area contributed by atoms with Gasteiger partial charge in [-0.2, -0.15) is 9.36 Å². The lowest BCUT2D eigenvalue weighted by molar-refractivity contribution is 0.236. The predicted octanol–water partition coefficient (Wildman–Crippen LogP) is 0.511. The number of aromatic nitrogens is 6. The van der Waals surface area contributed by atoms with Crippen molar-refractivity contribution in [3.63, 3.8) is 0 Å². The third kappa shape index (κ3) is 1.60. The average Bonchev–Trinajstić information content (AvgIpc) is 2.96. The van der Waals surface area contributed by atoms with Gasteiger partial charge < -0.3 is 0 Å². The van der Waals surface area contributed by atoms with Crippen LogP contribution >= 0.6 is 0 Å². The molecule has 2 rings (SSSR count). The maximum Gasteiger partial charge on any atom is 0.372 e. The van der Waals surface area contributed by atoms with E-state index in [1.165, 1.54) is 17.1 Å². The van der Waals surface area contributed by atoms with Gasteiger partial charge in [0.25, 0.3) is 0 Å². The van der Waals surface area contributed by atoms with Crippen molar-refractivity contribution >= 4 is 6.03 Å². The first-order valence-corrected chi connectivity index (χ1v) is 5.12. The number of nitrogens with zero attached hydrogens (tertiary/aromatic N) is 6. The van der Waals surface area contributed by atoms with Crippen LogP contribution in [0.4, 0.5) is 4.79 Å². The fraction of sp³-hybridized carbons (Fsp3) is 0.444. The molecule has 7 heteroatoms. The van der Waals surface area contributed by atoms with Gasteiger partial charge in [-0.1, -0.05) is 24.3 Å². The smallest absolute Gasteiger partial charge is 0.243 e. The Morgan fingerprint density at radius 2 is 2.12 bits per heavy atom. The molecule has 16 heavy (non-hydrogen) atoms. The summed E-state index contributed by atoms with van der Waals surface area (Å²) in [5, 5.41) is 15.0. The van der Waals surface area contributed by atoms with Crippen LogP contribution in [0.1, 0.15) is 25.2 Å². The summed E-state index contributed by atoms with van der Waals surface area (Å²) in [5.41, 5.74) is 1.67. The molecule has 0 atom stereocenters. The summed E-state index contributed by atoms with van der Waals surface area (Å²) in [7, 11) is 0. The van der Waals surface area contributed by atoms with E-state index >= 15 is 0 Å². The second-order valence-corrected chi connectivity index (χ2v) is 3.23. The molecule has 0 saturated heterocycles. The second kappa shape index (κ2) is 4.21. The molecule has 0 amide bonds. The zero-order valence-electron chi connectivity index (χ0n) is 9.16. The van der Waals surface area contributed by atoms with E-state index in [2.05, 4.69) is 20.6 Å². The molecule has 0 radical (unpaired) electrons. The van der Waals surface area contributed by atoms with Crippen molar-refractivity contribution in [2.45, 2.75) is 26.7 Å².